The topological polar surface area (TPSA) is 95.5 Å². The van der Waals surface area contributed by atoms with E-state index in [-0.39, 0.29) is 36.5 Å². The van der Waals surface area contributed by atoms with Crippen molar-refractivity contribution in [3.8, 4) is 0 Å². The highest BCUT2D eigenvalue weighted by molar-refractivity contribution is 7.91. The predicted molar refractivity (Wildman–Crippen MR) is 73.6 cm³/mol. The molecule has 1 aliphatic rings. The molecular formula is C12H24N2O4S. The van der Waals surface area contributed by atoms with E-state index < -0.39 is 9.84 Å². The van der Waals surface area contributed by atoms with Gasteiger partial charge in [-0.05, 0) is 12.8 Å². The van der Waals surface area contributed by atoms with E-state index >= 15 is 0 Å². The molecule has 0 aromatic heterocycles. The number of carbonyl (C=O) groups excluding carboxylic acids is 1. The van der Waals surface area contributed by atoms with E-state index in [9.17, 15) is 13.2 Å². The number of rotatable bonds is 8. The van der Waals surface area contributed by atoms with Crippen molar-refractivity contribution in [1.29, 1.82) is 0 Å². The number of amides is 1. The van der Waals surface area contributed by atoms with Gasteiger partial charge in [0.15, 0.2) is 9.84 Å². The Kier molecular flexibility index (Phi) is 7.33. The molecule has 1 aliphatic heterocycles. The first kappa shape index (κ1) is 16.4. The molecule has 0 spiro atoms. The molecule has 19 heavy (non-hydrogen) atoms. The third-order valence-electron chi connectivity index (χ3n) is 3.14. The first-order chi connectivity index (χ1) is 9.03. The van der Waals surface area contributed by atoms with Crippen LogP contribution in [0.1, 0.15) is 32.1 Å². The SMILES string of the molecule is O=C(CC1CS(=O)(=O)CCN1)NCCCCCCO. The normalized spacial score (nSPS) is 22.1. The first-order valence-corrected chi connectivity index (χ1v) is 8.67. The van der Waals surface area contributed by atoms with Crippen LogP contribution in [-0.4, -0.2) is 56.7 Å². The number of carbonyl (C=O) groups is 1. The van der Waals surface area contributed by atoms with Crippen molar-refractivity contribution in [3.63, 3.8) is 0 Å². The summed E-state index contributed by atoms with van der Waals surface area (Å²) < 4.78 is 22.8. The summed E-state index contributed by atoms with van der Waals surface area (Å²) in [5.41, 5.74) is 0. The standard InChI is InChI=1S/C12H24N2O4S/c15-7-4-2-1-3-5-14-12(16)9-11-10-19(17,18)8-6-13-11/h11,13,15H,1-10H2,(H,14,16). The van der Waals surface area contributed by atoms with E-state index in [1.54, 1.807) is 0 Å². The lowest BCUT2D eigenvalue weighted by molar-refractivity contribution is -0.121. The van der Waals surface area contributed by atoms with Crippen molar-refractivity contribution < 1.29 is 18.3 Å². The Morgan fingerprint density at radius 1 is 1.26 bits per heavy atom. The van der Waals surface area contributed by atoms with Crippen LogP contribution in [0.2, 0.25) is 0 Å². The van der Waals surface area contributed by atoms with Gasteiger partial charge in [0.1, 0.15) is 0 Å². The van der Waals surface area contributed by atoms with Crippen LogP contribution in [0.5, 0.6) is 0 Å². The molecular weight excluding hydrogens is 268 g/mol. The molecule has 0 aliphatic carbocycles. The van der Waals surface area contributed by atoms with E-state index in [0.717, 1.165) is 25.7 Å². The number of aliphatic hydroxyl groups is 1. The largest absolute Gasteiger partial charge is 0.396 e. The minimum atomic E-state index is -2.98. The molecule has 1 rings (SSSR count). The second-order valence-corrected chi connectivity index (χ2v) is 7.19. The van der Waals surface area contributed by atoms with Gasteiger partial charge < -0.3 is 15.7 Å². The lowest BCUT2D eigenvalue weighted by Crippen LogP contribution is -2.47. The van der Waals surface area contributed by atoms with Gasteiger partial charge >= 0.3 is 0 Å². The molecule has 0 bridgehead atoms. The average molecular weight is 292 g/mol. The molecule has 3 N–H and O–H groups in total. The number of sulfone groups is 1. The third kappa shape index (κ3) is 7.49. The maximum atomic E-state index is 11.6. The molecule has 7 heteroatoms. The molecule has 1 heterocycles. The summed E-state index contributed by atoms with van der Waals surface area (Å²) in [4.78, 5) is 11.6. The summed E-state index contributed by atoms with van der Waals surface area (Å²) in [6.07, 6.45) is 3.86. The maximum absolute atomic E-state index is 11.6. The number of hydrogen-bond acceptors (Lipinski definition) is 5. The third-order valence-corrected chi connectivity index (χ3v) is 4.88. The lowest BCUT2D eigenvalue weighted by atomic mass is 10.2. The van der Waals surface area contributed by atoms with Crippen LogP contribution < -0.4 is 10.6 Å². The van der Waals surface area contributed by atoms with Crippen LogP contribution in [0, 0.1) is 0 Å². The molecule has 1 fully saturated rings. The average Bonchev–Trinajstić information content (AvgIpc) is 2.32. The van der Waals surface area contributed by atoms with Crippen molar-refractivity contribution in [3.05, 3.63) is 0 Å². The summed E-state index contributed by atoms with van der Waals surface area (Å²) in [5, 5.41) is 14.5. The smallest absolute Gasteiger partial charge is 0.221 e. The minimum Gasteiger partial charge on any atom is -0.396 e. The number of unbranched alkanes of at least 4 members (excludes halogenated alkanes) is 3. The van der Waals surface area contributed by atoms with Crippen molar-refractivity contribution in [2.24, 2.45) is 0 Å². The fourth-order valence-electron chi connectivity index (χ4n) is 2.11. The van der Waals surface area contributed by atoms with Crippen molar-refractivity contribution in [1.82, 2.24) is 10.6 Å². The molecule has 0 radical (unpaired) electrons. The highest BCUT2D eigenvalue weighted by Crippen LogP contribution is 2.05. The monoisotopic (exact) mass is 292 g/mol. The van der Waals surface area contributed by atoms with Gasteiger partial charge in [-0.25, -0.2) is 8.42 Å². The van der Waals surface area contributed by atoms with E-state index in [0.29, 0.717) is 13.1 Å². The quantitative estimate of drug-likeness (QED) is 0.521. The zero-order valence-electron chi connectivity index (χ0n) is 11.2. The summed E-state index contributed by atoms with van der Waals surface area (Å²) >= 11 is 0. The predicted octanol–water partition coefficient (Wildman–Crippen LogP) is -0.568. The Morgan fingerprint density at radius 3 is 2.68 bits per heavy atom. The van der Waals surface area contributed by atoms with Crippen LogP contribution >= 0.6 is 0 Å². The minimum absolute atomic E-state index is 0.0525. The summed E-state index contributed by atoms with van der Waals surface area (Å²) in [5.74, 6) is 0.115. The van der Waals surface area contributed by atoms with Gasteiger partial charge in [-0.3, -0.25) is 4.79 Å². The fraction of sp³-hybridized carbons (Fsp3) is 0.917. The second kappa shape index (κ2) is 8.50. The van der Waals surface area contributed by atoms with Crippen LogP contribution in [0.3, 0.4) is 0 Å². The summed E-state index contributed by atoms with van der Waals surface area (Å²) in [6, 6.07) is -0.256. The molecule has 1 unspecified atom stereocenters. The summed E-state index contributed by atoms with van der Waals surface area (Å²) in [7, 11) is -2.98. The van der Waals surface area contributed by atoms with Gasteiger partial charge in [0, 0.05) is 32.2 Å². The van der Waals surface area contributed by atoms with Gasteiger partial charge in [-0.1, -0.05) is 12.8 Å². The molecule has 0 aromatic rings. The molecule has 0 saturated carbocycles. The Balaban J connectivity index is 2.10. The van der Waals surface area contributed by atoms with E-state index in [1.165, 1.54) is 0 Å². The Hall–Kier alpha value is -0.660. The molecule has 6 nitrogen and oxygen atoms in total. The van der Waals surface area contributed by atoms with Crippen LogP contribution in [0.25, 0.3) is 0 Å². The van der Waals surface area contributed by atoms with Gasteiger partial charge in [-0.15, -0.1) is 0 Å². The fourth-order valence-corrected chi connectivity index (χ4v) is 3.56. The molecule has 112 valence electrons. The van der Waals surface area contributed by atoms with Crippen molar-refractivity contribution >= 4 is 15.7 Å². The number of hydrogen-bond donors (Lipinski definition) is 3. The Labute approximate surface area is 114 Å². The Morgan fingerprint density at radius 2 is 2.00 bits per heavy atom. The van der Waals surface area contributed by atoms with Crippen LogP contribution in [0.15, 0.2) is 0 Å². The molecule has 0 aromatic carbocycles. The highest BCUT2D eigenvalue weighted by Gasteiger charge is 2.25. The lowest BCUT2D eigenvalue weighted by Gasteiger charge is -2.23. The van der Waals surface area contributed by atoms with Crippen molar-refractivity contribution in [2.45, 2.75) is 38.1 Å². The maximum Gasteiger partial charge on any atom is 0.221 e. The second-order valence-electron chi connectivity index (χ2n) is 4.96. The van der Waals surface area contributed by atoms with E-state index in [4.69, 9.17) is 5.11 Å². The van der Waals surface area contributed by atoms with Crippen molar-refractivity contribution in [2.75, 3.05) is 31.2 Å². The van der Waals surface area contributed by atoms with Crippen LogP contribution in [0.4, 0.5) is 0 Å². The number of aliphatic hydroxyl groups excluding tert-OH is 1. The van der Waals surface area contributed by atoms with E-state index in [2.05, 4.69) is 10.6 Å². The zero-order chi connectivity index (χ0) is 14.1. The number of nitrogens with one attached hydrogen (secondary N) is 2. The summed E-state index contributed by atoms with van der Waals surface area (Å²) in [6.45, 7) is 1.26. The molecule has 1 saturated heterocycles. The molecule has 1 atom stereocenters. The van der Waals surface area contributed by atoms with E-state index in [1.807, 2.05) is 0 Å². The van der Waals surface area contributed by atoms with Crippen LogP contribution in [-0.2, 0) is 14.6 Å². The first-order valence-electron chi connectivity index (χ1n) is 6.85. The highest BCUT2D eigenvalue weighted by atomic mass is 32.2. The molecule has 1 amide bonds. The Bertz CT molecular complexity index is 370. The zero-order valence-corrected chi connectivity index (χ0v) is 12.0. The van der Waals surface area contributed by atoms with Gasteiger partial charge in [0.05, 0.1) is 11.5 Å². The van der Waals surface area contributed by atoms with Gasteiger partial charge in [0.2, 0.25) is 5.91 Å². The van der Waals surface area contributed by atoms with Gasteiger partial charge in [-0.2, -0.15) is 0 Å². The van der Waals surface area contributed by atoms with Gasteiger partial charge in [0.25, 0.3) is 0 Å².